The summed E-state index contributed by atoms with van der Waals surface area (Å²) in [4.78, 5) is 15.0. The molecule has 4 rings (SSSR count). The van der Waals surface area contributed by atoms with Crippen LogP contribution in [0.4, 0.5) is 0 Å². The molecule has 1 aliphatic heterocycles. The minimum Gasteiger partial charge on any atom is -0.497 e. The van der Waals surface area contributed by atoms with E-state index in [-0.39, 0.29) is 11.9 Å². The van der Waals surface area contributed by atoms with E-state index in [2.05, 4.69) is 46.0 Å². The average Bonchev–Trinajstić information content (AvgIpc) is 3.16. The smallest absolute Gasteiger partial charge is 0.254 e. The topological polar surface area (TPSA) is 60.2 Å². The molecular formula is C23H26N4O2. The molecule has 2 aromatic carbocycles. The number of aryl methyl sites for hydroxylation is 3. The third-order valence-electron chi connectivity index (χ3n) is 5.53. The quantitative estimate of drug-likeness (QED) is 0.668. The van der Waals surface area contributed by atoms with Gasteiger partial charge >= 0.3 is 0 Å². The lowest BCUT2D eigenvalue weighted by molar-refractivity contribution is 0.0679. The van der Waals surface area contributed by atoms with Crippen molar-refractivity contribution in [1.29, 1.82) is 0 Å². The van der Waals surface area contributed by atoms with Crippen molar-refractivity contribution >= 4 is 5.91 Å². The molecular weight excluding hydrogens is 364 g/mol. The Morgan fingerprint density at radius 3 is 2.66 bits per heavy atom. The van der Waals surface area contributed by atoms with Crippen molar-refractivity contribution in [3.05, 3.63) is 76.9 Å². The number of aromatic nitrogens is 3. The van der Waals surface area contributed by atoms with Gasteiger partial charge in [0, 0.05) is 18.5 Å². The summed E-state index contributed by atoms with van der Waals surface area (Å²) in [5.74, 6) is 2.63. The Bertz CT molecular complexity index is 1010. The van der Waals surface area contributed by atoms with E-state index in [4.69, 9.17) is 4.74 Å². The van der Waals surface area contributed by atoms with Gasteiger partial charge in [-0.25, -0.2) is 0 Å². The molecule has 0 saturated carbocycles. The Kier molecular flexibility index (Phi) is 5.34. The number of fused-ring (bicyclic) bond motifs is 1. The van der Waals surface area contributed by atoms with Crippen LogP contribution in [0.15, 0.2) is 48.5 Å². The fourth-order valence-corrected chi connectivity index (χ4v) is 4.01. The monoisotopic (exact) mass is 390 g/mol. The molecule has 3 aromatic rings. The third-order valence-corrected chi connectivity index (χ3v) is 5.53. The molecule has 0 aliphatic carbocycles. The van der Waals surface area contributed by atoms with Gasteiger partial charge in [0.05, 0.1) is 19.7 Å². The zero-order valence-corrected chi connectivity index (χ0v) is 17.1. The van der Waals surface area contributed by atoms with Crippen LogP contribution in [0.25, 0.3) is 0 Å². The minimum atomic E-state index is 0.0251. The lowest BCUT2D eigenvalue weighted by Gasteiger charge is -2.33. The predicted octanol–water partition coefficient (Wildman–Crippen LogP) is 3.60. The van der Waals surface area contributed by atoms with E-state index in [1.807, 2.05) is 36.1 Å². The maximum Gasteiger partial charge on any atom is 0.254 e. The molecule has 0 fully saturated rings. The zero-order chi connectivity index (χ0) is 20.4. The van der Waals surface area contributed by atoms with Crippen LogP contribution in [0.3, 0.4) is 0 Å². The highest BCUT2D eigenvalue weighted by Gasteiger charge is 2.30. The summed E-state index contributed by atoms with van der Waals surface area (Å²) < 4.78 is 7.45. The first kappa shape index (κ1) is 19.2. The largest absolute Gasteiger partial charge is 0.497 e. The second-order valence-electron chi connectivity index (χ2n) is 7.60. The second kappa shape index (κ2) is 8.07. The molecule has 1 atom stereocenters. The van der Waals surface area contributed by atoms with Gasteiger partial charge in [-0.15, -0.1) is 10.2 Å². The molecule has 0 spiro atoms. The second-order valence-corrected chi connectivity index (χ2v) is 7.60. The number of ether oxygens (including phenoxy) is 1. The molecule has 2 heterocycles. The molecule has 29 heavy (non-hydrogen) atoms. The highest BCUT2D eigenvalue weighted by Crippen LogP contribution is 2.25. The number of benzene rings is 2. The maximum absolute atomic E-state index is 13.1. The molecule has 1 amide bonds. The van der Waals surface area contributed by atoms with Crippen LogP contribution in [-0.4, -0.2) is 39.2 Å². The van der Waals surface area contributed by atoms with Crippen LogP contribution >= 0.6 is 0 Å². The number of nitrogens with zero attached hydrogens (tertiary/aromatic N) is 4. The van der Waals surface area contributed by atoms with E-state index in [1.54, 1.807) is 7.11 Å². The highest BCUT2D eigenvalue weighted by molar-refractivity contribution is 5.95. The van der Waals surface area contributed by atoms with Gasteiger partial charge in [0.15, 0.2) is 5.82 Å². The van der Waals surface area contributed by atoms with E-state index >= 15 is 0 Å². The summed E-state index contributed by atoms with van der Waals surface area (Å²) in [6.45, 7) is 5.19. The first-order chi connectivity index (χ1) is 14.1. The van der Waals surface area contributed by atoms with Crippen LogP contribution in [0.1, 0.15) is 46.1 Å². The molecule has 150 valence electrons. The summed E-state index contributed by atoms with van der Waals surface area (Å²) in [6.07, 6.45) is 1.77. The van der Waals surface area contributed by atoms with E-state index in [0.29, 0.717) is 18.7 Å². The molecule has 6 heteroatoms. The van der Waals surface area contributed by atoms with Gasteiger partial charge in [-0.05, 0) is 49.6 Å². The third kappa shape index (κ3) is 3.88. The summed E-state index contributed by atoms with van der Waals surface area (Å²) >= 11 is 0. The lowest BCUT2D eigenvalue weighted by atomic mass is 10.1. The van der Waals surface area contributed by atoms with Crippen LogP contribution in [0, 0.1) is 6.92 Å². The van der Waals surface area contributed by atoms with Crippen molar-refractivity contribution in [3.63, 3.8) is 0 Å². The van der Waals surface area contributed by atoms with Crippen LogP contribution in [0.2, 0.25) is 0 Å². The molecule has 1 aliphatic rings. The number of hydrogen-bond donors (Lipinski definition) is 0. The normalized spacial score (nSPS) is 15.8. The highest BCUT2D eigenvalue weighted by atomic mass is 16.5. The zero-order valence-electron chi connectivity index (χ0n) is 17.1. The van der Waals surface area contributed by atoms with Crippen molar-refractivity contribution in [3.8, 4) is 5.75 Å². The van der Waals surface area contributed by atoms with E-state index in [9.17, 15) is 4.79 Å². The van der Waals surface area contributed by atoms with E-state index < -0.39 is 0 Å². The van der Waals surface area contributed by atoms with Gasteiger partial charge in [0.2, 0.25) is 0 Å². The molecule has 0 bridgehead atoms. The van der Waals surface area contributed by atoms with Crippen LogP contribution in [0.5, 0.6) is 5.75 Å². The molecule has 1 aromatic heterocycles. The van der Waals surface area contributed by atoms with Crippen LogP contribution in [-0.2, 0) is 19.4 Å². The van der Waals surface area contributed by atoms with Crippen molar-refractivity contribution in [2.24, 2.45) is 0 Å². The van der Waals surface area contributed by atoms with Crippen molar-refractivity contribution in [2.45, 2.75) is 39.3 Å². The van der Waals surface area contributed by atoms with E-state index in [0.717, 1.165) is 35.8 Å². The Hall–Kier alpha value is -3.15. The van der Waals surface area contributed by atoms with Gasteiger partial charge in [-0.3, -0.25) is 4.79 Å². The fourth-order valence-electron chi connectivity index (χ4n) is 4.01. The summed E-state index contributed by atoms with van der Waals surface area (Å²) in [5, 5.41) is 8.82. The Labute approximate surface area is 171 Å². The van der Waals surface area contributed by atoms with Crippen molar-refractivity contribution in [1.82, 2.24) is 19.7 Å². The Morgan fingerprint density at radius 1 is 1.14 bits per heavy atom. The molecule has 0 saturated heterocycles. The lowest BCUT2D eigenvalue weighted by Crippen LogP contribution is -2.41. The van der Waals surface area contributed by atoms with Crippen molar-refractivity contribution in [2.75, 3.05) is 13.7 Å². The first-order valence-corrected chi connectivity index (χ1v) is 9.97. The van der Waals surface area contributed by atoms with Crippen molar-refractivity contribution < 1.29 is 9.53 Å². The summed E-state index contributed by atoms with van der Waals surface area (Å²) in [6, 6.07) is 16.1. The first-order valence-electron chi connectivity index (χ1n) is 9.97. The fraction of sp³-hybridized carbons (Fsp3) is 0.348. The number of amides is 1. The predicted molar refractivity (Wildman–Crippen MR) is 111 cm³/mol. The number of methoxy groups -OCH3 is 1. The number of rotatable bonds is 5. The van der Waals surface area contributed by atoms with Crippen LogP contribution < -0.4 is 4.74 Å². The van der Waals surface area contributed by atoms with E-state index in [1.165, 1.54) is 5.56 Å². The van der Waals surface area contributed by atoms with Gasteiger partial charge in [-0.2, -0.15) is 0 Å². The minimum absolute atomic E-state index is 0.0251. The Balaban J connectivity index is 1.50. The standard InChI is InChI=1S/C23H26N4O2/c1-16-13-19(29-3)10-11-20(16)23(28)26-14-17(2)27-21(24-25-22(27)15-26)12-9-18-7-5-4-6-8-18/h4-8,10-11,13,17H,9,12,14-15H2,1-3H3/t17-/m0/s1. The van der Waals surface area contributed by atoms with Gasteiger partial charge in [-0.1, -0.05) is 30.3 Å². The number of carbonyl (C=O) groups excluding carboxylic acids is 1. The molecule has 0 unspecified atom stereocenters. The van der Waals surface area contributed by atoms with Gasteiger partial charge in [0.1, 0.15) is 11.6 Å². The Morgan fingerprint density at radius 2 is 1.93 bits per heavy atom. The molecule has 6 nitrogen and oxygen atoms in total. The maximum atomic E-state index is 13.1. The number of hydrogen-bond acceptors (Lipinski definition) is 4. The van der Waals surface area contributed by atoms with Gasteiger partial charge < -0.3 is 14.2 Å². The van der Waals surface area contributed by atoms with Gasteiger partial charge in [0.25, 0.3) is 5.91 Å². The number of carbonyl (C=O) groups is 1. The summed E-state index contributed by atoms with van der Waals surface area (Å²) in [5.41, 5.74) is 2.91. The SMILES string of the molecule is COc1ccc(C(=O)N2Cc3nnc(CCc4ccccc4)n3[C@@H](C)C2)c(C)c1. The molecule has 0 radical (unpaired) electrons. The average molecular weight is 390 g/mol. The summed E-state index contributed by atoms with van der Waals surface area (Å²) in [7, 11) is 1.63. The molecule has 0 N–H and O–H groups in total.